The second kappa shape index (κ2) is 6.90. The minimum Gasteiger partial charge on any atom is -0.391 e. The van der Waals surface area contributed by atoms with Gasteiger partial charge in [0.2, 0.25) is 5.91 Å². The van der Waals surface area contributed by atoms with E-state index in [1.165, 1.54) is 6.92 Å². The summed E-state index contributed by atoms with van der Waals surface area (Å²) in [6, 6.07) is 0. The SMILES string of the molecule is Cc1nn(CC(F)(F)F)c(C)c1CC(=O)NCC(O)C(C)(C)C. The monoisotopic (exact) mass is 335 g/mol. The minimum absolute atomic E-state index is 0.0631. The summed E-state index contributed by atoms with van der Waals surface area (Å²) in [7, 11) is 0. The van der Waals surface area contributed by atoms with E-state index in [0.717, 1.165) is 4.68 Å². The number of halogens is 3. The van der Waals surface area contributed by atoms with Gasteiger partial charge < -0.3 is 10.4 Å². The number of hydrogen-bond acceptors (Lipinski definition) is 3. The van der Waals surface area contributed by atoms with E-state index in [1.807, 2.05) is 20.8 Å². The first-order valence-corrected chi connectivity index (χ1v) is 7.35. The van der Waals surface area contributed by atoms with Gasteiger partial charge in [0.25, 0.3) is 0 Å². The maximum Gasteiger partial charge on any atom is 0.408 e. The molecule has 0 saturated carbocycles. The predicted octanol–water partition coefficient (Wildman–Crippen LogP) is 2.13. The van der Waals surface area contributed by atoms with Crippen LogP contribution in [0.2, 0.25) is 0 Å². The minimum atomic E-state index is -4.36. The number of aryl methyl sites for hydroxylation is 1. The zero-order valence-electron chi connectivity index (χ0n) is 14.1. The molecule has 5 nitrogen and oxygen atoms in total. The van der Waals surface area contributed by atoms with E-state index in [9.17, 15) is 23.1 Å². The normalized spacial score (nSPS) is 14.0. The highest BCUT2D eigenvalue weighted by Gasteiger charge is 2.30. The van der Waals surface area contributed by atoms with E-state index in [4.69, 9.17) is 0 Å². The van der Waals surface area contributed by atoms with Crippen LogP contribution in [0, 0.1) is 19.3 Å². The largest absolute Gasteiger partial charge is 0.408 e. The summed E-state index contributed by atoms with van der Waals surface area (Å²) in [5.41, 5.74) is 0.845. The molecule has 0 aliphatic heterocycles. The highest BCUT2D eigenvalue weighted by molar-refractivity contribution is 5.79. The van der Waals surface area contributed by atoms with Crippen LogP contribution in [0.15, 0.2) is 0 Å². The van der Waals surface area contributed by atoms with Gasteiger partial charge in [-0.25, -0.2) is 0 Å². The molecular formula is C15H24F3N3O2. The maximum absolute atomic E-state index is 12.5. The average molecular weight is 335 g/mol. The van der Waals surface area contributed by atoms with Gasteiger partial charge in [-0.2, -0.15) is 18.3 Å². The van der Waals surface area contributed by atoms with Gasteiger partial charge in [-0.1, -0.05) is 20.8 Å². The van der Waals surface area contributed by atoms with Crippen molar-refractivity contribution < 1.29 is 23.1 Å². The van der Waals surface area contributed by atoms with Crippen LogP contribution in [0.1, 0.15) is 37.7 Å². The fourth-order valence-electron chi connectivity index (χ4n) is 2.05. The number of nitrogens with zero attached hydrogens (tertiary/aromatic N) is 2. The number of amides is 1. The lowest BCUT2D eigenvalue weighted by Gasteiger charge is -2.25. The standard InChI is InChI=1S/C15H24F3N3O2/c1-9-11(10(2)21(20-9)8-15(16,17)18)6-13(23)19-7-12(22)14(3,4)5/h12,22H,6-8H2,1-5H3,(H,19,23). The molecule has 0 radical (unpaired) electrons. The molecular weight excluding hydrogens is 311 g/mol. The first-order valence-electron chi connectivity index (χ1n) is 7.35. The number of nitrogens with one attached hydrogen (secondary N) is 1. The van der Waals surface area contributed by atoms with Gasteiger partial charge >= 0.3 is 6.18 Å². The van der Waals surface area contributed by atoms with Crippen LogP contribution in [0.5, 0.6) is 0 Å². The Labute approximate surface area is 133 Å². The van der Waals surface area contributed by atoms with Gasteiger partial charge in [0.15, 0.2) is 0 Å². The molecule has 0 fully saturated rings. The third-order valence-electron chi connectivity index (χ3n) is 3.69. The lowest BCUT2D eigenvalue weighted by molar-refractivity contribution is -0.143. The average Bonchev–Trinajstić information content (AvgIpc) is 2.60. The van der Waals surface area contributed by atoms with Crippen LogP contribution < -0.4 is 5.32 Å². The third-order valence-corrected chi connectivity index (χ3v) is 3.69. The van der Waals surface area contributed by atoms with Crippen LogP contribution in [0.4, 0.5) is 13.2 Å². The number of aliphatic hydroxyl groups excluding tert-OH is 1. The van der Waals surface area contributed by atoms with Crippen LogP contribution in [-0.2, 0) is 17.8 Å². The molecule has 0 spiro atoms. The van der Waals surface area contributed by atoms with Crippen LogP contribution in [-0.4, -0.2) is 39.6 Å². The Hall–Kier alpha value is -1.57. The lowest BCUT2D eigenvalue weighted by Crippen LogP contribution is -2.39. The molecule has 0 saturated heterocycles. The number of aliphatic hydroxyl groups is 1. The first-order chi connectivity index (χ1) is 10.3. The lowest BCUT2D eigenvalue weighted by atomic mass is 9.89. The maximum atomic E-state index is 12.5. The van der Waals surface area contributed by atoms with Crippen molar-refractivity contribution in [2.24, 2.45) is 5.41 Å². The van der Waals surface area contributed by atoms with E-state index in [-0.39, 0.29) is 24.3 Å². The summed E-state index contributed by atoms with van der Waals surface area (Å²) in [5, 5.41) is 16.3. The van der Waals surface area contributed by atoms with E-state index in [2.05, 4.69) is 10.4 Å². The summed E-state index contributed by atoms with van der Waals surface area (Å²) in [6.07, 6.45) is -5.13. The third kappa shape index (κ3) is 5.85. The molecule has 23 heavy (non-hydrogen) atoms. The Morgan fingerprint density at radius 1 is 1.30 bits per heavy atom. The van der Waals surface area contributed by atoms with E-state index >= 15 is 0 Å². The van der Waals surface area contributed by atoms with Gasteiger partial charge in [0.05, 0.1) is 18.2 Å². The fourth-order valence-corrected chi connectivity index (χ4v) is 2.05. The quantitative estimate of drug-likeness (QED) is 0.866. The first kappa shape index (κ1) is 19.5. The Balaban J connectivity index is 2.72. The number of hydrogen-bond donors (Lipinski definition) is 2. The highest BCUT2D eigenvalue weighted by Crippen LogP contribution is 2.21. The van der Waals surface area contributed by atoms with Crippen LogP contribution in [0.25, 0.3) is 0 Å². The van der Waals surface area contributed by atoms with E-state index in [1.54, 1.807) is 6.92 Å². The summed E-state index contributed by atoms with van der Waals surface area (Å²) in [4.78, 5) is 12.0. The smallest absolute Gasteiger partial charge is 0.391 e. The molecule has 1 heterocycles. The number of carbonyl (C=O) groups excluding carboxylic acids is 1. The molecule has 1 aromatic rings. The molecule has 2 N–H and O–H groups in total. The van der Waals surface area contributed by atoms with Crippen molar-refractivity contribution in [3.8, 4) is 0 Å². The molecule has 1 amide bonds. The summed E-state index contributed by atoms with van der Waals surface area (Å²) >= 11 is 0. The number of aromatic nitrogens is 2. The number of carbonyl (C=O) groups is 1. The Bertz CT molecular complexity index is 560. The molecule has 1 atom stereocenters. The number of rotatable bonds is 5. The van der Waals surface area contributed by atoms with Crippen molar-refractivity contribution in [3.63, 3.8) is 0 Å². The van der Waals surface area contributed by atoms with Crippen molar-refractivity contribution in [1.29, 1.82) is 0 Å². The van der Waals surface area contributed by atoms with Gasteiger partial charge in [-0.05, 0) is 19.3 Å². The fraction of sp³-hybridized carbons (Fsp3) is 0.733. The summed E-state index contributed by atoms with van der Waals surface area (Å²) < 4.78 is 38.3. The van der Waals surface area contributed by atoms with E-state index in [0.29, 0.717) is 17.0 Å². The predicted molar refractivity (Wildman–Crippen MR) is 79.9 cm³/mol. The van der Waals surface area contributed by atoms with Gasteiger partial charge in [0, 0.05) is 17.8 Å². The zero-order chi connectivity index (χ0) is 18.0. The molecule has 0 bridgehead atoms. The van der Waals surface area contributed by atoms with Crippen LogP contribution >= 0.6 is 0 Å². The molecule has 8 heteroatoms. The Kier molecular flexibility index (Phi) is 5.84. The molecule has 132 valence electrons. The molecule has 0 aromatic carbocycles. The van der Waals surface area contributed by atoms with Crippen molar-refractivity contribution >= 4 is 5.91 Å². The van der Waals surface area contributed by atoms with Crippen LogP contribution in [0.3, 0.4) is 0 Å². The van der Waals surface area contributed by atoms with Gasteiger partial charge in [0.1, 0.15) is 6.54 Å². The highest BCUT2D eigenvalue weighted by atomic mass is 19.4. The van der Waals surface area contributed by atoms with Gasteiger partial charge in [-0.3, -0.25) is 9.48 Å². The van der Waals surface area contributed by atoms with Gasteiger partial charge in [-0.15, -0.1) is 0 Å². The van der Waals surface area contributed by atoms with Crippen molar-refractivity contribution in [2.75, 3.05) is 6.54 Å². The molecule has 1 unspecified atom stereocenters. The van der Waals surface area contributed by atoms with E-state index < -0.39 is 18.8 Å². The van der Waals surface area contributed by atoms with Crippen molar-refractivity contribution in [1.82, 2.24) is 15.1 Å². The summed E-state index contributed by atoms with van der Waals surface area (Å²) in [5.74, 6) is -0.356. The molecule has 1 aromatic heterocycles. The zero-order valence-corrected chi connectivity index (χ0v) is 14.1. The Morgan fingerprint density at radius 3 is 2.35 bits per heavy atom. The second-order valence-electron chi connectivity index (χ2n) is 6.78. The van der Waals surface area contributed by atoms with Crippen molar-refractivity contribution in [3.05, 3.63) is 17.0 Å². The number of alkyl halides is 3. The van der Waals surface area contributed by atoms with Crippen molar-refractivity contribution in [2.45, 2.75) is 59.9 Å². The topological polar surface area (TPSA) is 67.2 Å². The summed E-state index contributed by atoms with van der Waals surface area (Å²) in [6.45, 7) is 7.55. The Morgan fingerprint density at radius 2 is 1.87 bits per heavy atom. The molecule has 1 rings (SSSR count). The molecule has 0 aliphatic rings. The molecule has 0 aliphatic carbocycles. The second-order valence-corrected chi connectivity index (χ2v) is 6.78.